The lowest BCUT2D eigenvalue weighted by molar-refractivity contribution is -0.112. The number of anilines is 1. The average Bonchev–Trinajstić information content (AvgIpc) is 2.88. The van der Waals surface area contributed by atoms with Crippen molar-refractivity contribution in [3.05, 3.63) is 92.3 Å². The molecule has 3 rings (SSSR count). The van der Waals surface area contributed by atoms with E-state index in [9.17, 15) is 19.2 Å². The highest BCUT2D eigenvalue weighted by molar-refractivity contribution is 14.1. The van der Waals surface area contributed by atoms with Crippen molar-refractivity contribution in [3.8, 4) is 17.6 Å². The molecule has 0 heterocycles. The SMILES string of the molecule is CCOC(=O)c1ccc(NC(=O)/C(C#N)=C/c2cc(I)c(OCc3ccc(F)cc3)c(OCC)c2)cc1. The molecule has 0 aliphatic heterocycles. The van der Waals surface area contributed by atoms with Crippen molar-refractivity contribution in [1.82, 2.24) is 0 Å². The molecular formula is C28H24FIN2O5. The molecule has 0 aromatic heterocycles. The topological polar surface area (TPSA) is 97.7 Å². The fourth-order valence-corrected chi connectivity index (χ4v) is 4.01. The Kier molecular flexibility index (Phi) is 10.0. The minimum Gasteiger partial charge on any atom is -0.490 e. The van der Waals surface area contributed by atoms with Gasteiger partial charge in [0.25, 0.3) is 5.91 Å². The first-order chi connectivity index (χ1) is 17.8. The predicted molar refractivity (Wildman–Crippen MR) is 146 cm³/mol. The van der Waals surface area contributed by atoms with Crippen LogP contribution in [0.15, 0.2) is 66.2 Å². The van der Waals surface area contributed by atoms with Crippen LogP contribution in [0.25, 0.3) is 6.08 Å². The van der Waals surface area contributed by atoms with Gasteiger partial charge in [0.15, 0.2) is 11.5 Å². The summed E-state index contributed by atoms with van der Waals surface area (Å²) in [7, 11) is 0. The molecule has 9 heteroatoms. The van der Waals surface area contributed by atoms with Crippen LogP contribution in [0.1, 0.15) is 35.3 Å². The van der Waals surface area contributed by atoms with Gasteiger partial charge in [-0.25, -0.2) is 9.18 Å². The number of carbonyl (C=O) groups excluding carboxylic acids is 2. The molecule has 3 aromatic carbocycles. The van der Waals surface area contributed by atoms with E-state index in [2.05, 4.69) is 27.9 Å². The van der Waals surface area contributed by atoms with Gasteiger partial charge in [-0.05, 0) is 102 Å². The third-order valence-electron chi connectivity index (χ3n) is 4.96. The Hall–Kier alpha value is -3.91. The molecule has 37 heavy (non-hydrogen) atoms. The molecule has 0 fully saturated rings. The summed E-state index contributed by atoms with van der Waals surface area (Å²) in [6.07, 6.45) is 1.46. The van der Waals surface area contributed by atoms with Crippen LogP contribution in [0.5, 0.6) is 11.5 Å². The first-order valence-corrected chi connectivity index (χ1v) is 12.5. The van der Waals surface area contributed by atoms with Gasteiger partial charge in [0.2, 0.25) is 0 Å². The Labute approximate surface area is 228 Å². The van der Waals surface area contributed by atoms with E-state index in [-0.39, 0.29) is 24.6 Å². The van der Waals surface area contributed by atoms with E-state index in [1.54, 1.807) is 43.3 Å². The van der Waals surface area contributed by atoms with Crippen molar-refractivity contribution >= 4 is 46.2 Å². The maximum atomic E-state index is 13.2. The molecule has 0 aliphatic carbocycles. The smallest absolute Gasteiger partial charge is 0.338 e. The summed E-state index contributed by atoms with van der Waals surface area (Å²) < 4.78 is 30.5. The maximum absolute atomic E-state index is 13.2. The Morgan fingerprint density at radius 1 is 1.03 bits per heavy atom. The number of rotatable bonds is 10. The van der Waals surface area contributed by atoms with Crippen molar-refractivity contribution < 1.29 is 28.2 Å². The second kappa shape index (κ2) is 13.4. The van der Waals surface area contributed by atoms with Crippen LogP contribution >= 0.6 is 22.6 Å². The molecular weight excluding hydrogens is 590 g/mol. The van der Waals surface area contributed by atoms with Crippen molar-refractivity contribution in [2.75, 3.05) is 18.5 Å². The lowest BCUT2D eigenvalue weighted by atomic mass is 10.1. The predicted octanol–water partition coefficient (Wildman–Crippen LogP) is 6.13. The standard InChI is InChI=1S/C28H24FIN2O5/c1-3-35-25-15-19(14-24(30)26(25)37-17-18-5-9-22(29)10-6-18)13-21(16-31)27(33)32-23-11-7-20(8-12-23)28(34)36-4-2/h5-15H,3-4,17H2,1-2H3,(H,32,33)/b21-13+. The third kappa shape index (κ3) is 7.79. The molecule has 0 spiro atoms. The highest BCUT2D eigenvalue weighted by Gasteiger charge is 2.15. The van der Waals surface area contributed by atoms with E-state index in [4.69, 9.17) is 14.2 Å². The van der Waals surface area contributed by atoms with E-state index in [0.717, 1.165) is 5.56 Å². The van der Waals surface area contributed by atoms with E-state index in [1.165, 1.54) is 30.3 Å². The Morgan fingerprint density at radius 3 is 2.35 bits per heavy atom. The Morgan fingerprint density at radius 2 is 1.73 bits per heavy atom. The van der Waals surface area contributed by atoms with Gasteiger partial charge < -0.3 is 19.5 Å². The Bertz CT molecular complexity index is 1330. The Balaban J connectivity index is 1.78. The normalized spacial score (nSPS) is 10.8. The first-order valence-electron chi connectivity index (χ1n) is 11.4. The van der Waals surface area contributed by atoms with Gasteiger partial charge in [0.05, 0.1) is 22.3 Å². The summed E-state index contributed by atoms with van der Waals surface area (Å²) in [4.78, 5) is 24.5. The number of carbonyl (C=O) groups is 2. The van der Waals surface area contributed by atoms with E-state index < -0.39 is 11.9 Å². The van der Waals surface area contributed by atoms with Gasteiger partial charge in [-0.3, -0.25) is 4.79 Å². The number of halogens is 2. The minimum absolute atomic E-state index is 0.118. The number of ether oxygens (including phenoxy) is 3. The zero-order valence-electron chi connectivity index (χ0n) is 20.2. The summed E-state index contributed by atoms with van der Waals surface area (Å²) in [6, 6.07) is 17.6. The van der Waals surface area contributed by atoms with Gasteiger partial charge in [0, 0.05) is 5.69 Å². The third-order valence-corrected chi connectivity index (χ3v) is 5.76. The van der Waals surface area contributed by atoms with Crippen molar-refractivity contribution in [2.45, 2.75) is 20.5 Å². The second-order valence-electron chi connectivity index (χ2n) is 7.60. The van der Waals surface area contributed by atoms with Crippen LogP contribution in [0, 0.1) is 20.7 Å². The van der Waals surface area contributed by atoms with Gasteiger partial charge >= 0.3 is 5.97 Å². The molecule has 3 aromatic rings. The molecule has 0 atom stereocenters. The van der Waals surface area contributed by atoms with Gasteiger partial charge in [-0.1, -0.05) is 12.1 Å². The average molecular weight is 614 g/mol. The highest BCUT2D eigenvalue weighted by Crippen LogP contribution is 2.35. The lowest BCUT2D eigenvalue weighted by Crippen LogP contribution is -2.13. The number of nitriles is 1. The van der Waals surface area contributed by atoms with Crippen LogP contribution in [0.3, 0.4) is 0 Å². The number of hydrogen-bond acceptors (Lipinski definition) is 6. The van der Waals surface area contributed by atoms with Crippen molar-refractivity contribution in [2.24, 2.45) is 0 Å². The fraction of sp³-hybridized carbons (Fsp3) is 0.179. The number of nitrogens with one attached hydrogen (secondary N) is 1. The number of esters is 1. The summed E-state index contributed by atoms with van der Waals surface area (Å²) >= 11 is 2.09. The summed E-state index contributed by atoms with van der Waals surface area (Å²) in [5, 5.41) is 12.3. The fourth-order valence-electron chi connectivity index (χ4n) is 3.23. The monoisotopic (exact) mass is 614 g/mol. The van der Waals surface area contributed by atoms with Crippen molar-refractivity contribution in [3.63, 3.8) is 0 Å². The molecule has 0 bridgehead atoms. The van der Waals surface area contributed by atoms with Gasteiger partial charge in [-0.2, -0.15) is 5.26 Å². The summed E-state index contributed by atoms with van der Waals surface area (Å²) in [6.45, 7) is 4.41. The molecule has 0 unspecified atom stereocenters. The van der Waals surface area contributed by atoms with Crippen LogP contribution in [-0.4, -0.2) is 25.1 Å². The molecule has 0 aliphatic rings. The maximum Gasteiger partial charge on any atom is 0.338 e. The second-order valence-corrected chi connectivity index (χ2v) is 8.76. The minimum atomic E-state index is -0.601. The van der Waals surface area contributed by atoms with Crippen LogP contribution < -0.4 is 14.8 Å². The molecule has 0 saturated carbocycles. The molecule has 0 saturated heterocycles. The quantitative estimate of drug-likeness (QED) is 0.128. The van der Waals surface area contributed by atoms with Crippen LogP contribution in [0.4, 0.5) is 10.1 Å². The van der Waals surface area contributed by atoms with E-state index in [1.807, 2.05) is 13.0 Å². The summed E-state index contributed by atoms with van der Waals surface area (Å²) in [5.41, 5.74) is 2.03. The van der Waals surface area contributed by atoms with E-state index in [0.29, 0.717) is 38.5 Å². The largest absolute Gasteiger partial charge is 0.490 e. The molecule has 7 nitrogen and oxygen atoms in total. The number of benzene rings is 3. The van der Waals surface area contributed by atoms with Gasteiger partial charge in [0.1, 0.15) is 24.1 Å². The molecule has 0 radical (unpaired) electrons. The number of amides is 1. The highest BCUT2D eigenvalue weighted by atomic mass is 127. The molecule has 1 amide bonds. The first kappa shape index (κ1) is 27.7. The van der Waals surface area contributed by atoms with Crippen LogP contribution in [-0.2, 0) is 16.1 Å². The number of nitrogens with zero attached hydrogens (tertiary/aromatic N) is 1. The summed E-state index contributed by atoms with van der Waals surface area (Å²) in [5.74, 6) is -0.419. The zero-order chi connectivity index (χ0) is 26.8. The van der Waals surface area contributed by atoms with Gasteiger partial charge in [-0.15, -0.1) is 0 Å². The molecule has 1 N–H and O–H groups in total. The zero-order valence-corrected chi connectivity index (χ0v) is 22.4. The molecule has 190 valence electrons. The lowest BCUT2D eigenvalue weighted by Gasteiger charge is -2.15. The van der Waals surface area contributed by atoms with Crippen molar-refractivity contribution in [1.29, 1.82) is 5.26 Å². The van der Waals surface area contributed by atoms with Crippen LogP contribution in [0.2, 0.25) is 0 Å². The number of hydrogen-bond donors (Lipinski definition) is 1. The van der Waals surface area contributed by atoms with E-state index >= 15 is 0 Å².